The first-order chi connectivity index (χ1) is 15.7. The van der Waals surface area contributed by atoms with Crippen LogP contribution in [0.3, 0.4) is 0 Å². The molecule has 0 saturated carbocycles. The van der Waals surface area contributed by atoms with Gasteiger partial charge >= 0.3 is 0 Å². The van der Waals surface area contributed by atoms with Gasteiger partial charge in [-0.25, -0.2) is 0 Å². The summed E-state index contributed by atoms with van der Waals surface area (Å²) >= 11 is 0. The number of guanidine groups is 1. The molecule has 3 heterocycles. The van der Waals surface area contributed by atoms with Crippen molar-refractivity contribution in [3.8, 4) is 5.75 Å². The lowest BCUT2D eigenvalue weighted by Crippen LogP contribution is -2.55. The molecule has 1 atom stereocenters. The predicted octanol–water partition coefficient (Wildman–Crippen LogP) is 1.09. The largest absolute Gasteiger partial charge is 0.482 e. The summed E-state index contributed by atoms with van der Waals surface area (Å²) < 4.78 is 11.1. The van der Waals surface area contributed by atoms with E-state index in [2.05, 4.69) is 17.1 Å². The summed E-state index contributed by atoms with van der Waals surface area (Å²) in [5, 5.41) is 3.36. The first-order valence-corrected chi connectivity index (χ1v) is 11.6. The molecule has 2 saturated heterocycles. The third-order valence-electron chi connectivity index (χ3n) is 6.04. The molecule has 32 heavy (non-hydrogen) atoms. The Kier molecular flexibility index (Phi) is 7.47. The van der Waals surface area contributed by atoms with Gasteiger partial charge in [-0.3, -0.25) is 14.6 Å². The van der Waals surface area contributed by atoms with Crippen molar-refractivity contribution in [2.45, 2.75) is 32.3 Å². The van der Waals surface area contributed by atoms with Crippen molar-refractivity contribution in [2.75, 3.05) is 63.9 Å². The molecular weight excluding hydrogens is 410 g/mol. The molecule has 3 aliphatic rings. The first-order valence-electron chi connectivity index (χ1n) is 11.6. The first kappa shape index (κ1) is 22.4. The Labute approximate surface area is 189 Å². The van der Waals surface area contributed by atoms with Gasteiger partial charge in [0.05, 0.1) is 5.69 Å². The second-order valence-corrected chi connectivity index (χ2v) is 8.20. The lowest BCUT2D eigenvalue weighted by atomic mass is 10.2. The van der Waals surface area contributed by atoms with Crippen LogP contribution in [0.4, 0.5) is 5.69 Å². The Balaban J connectivity index is 1.28. The molecule has 2 fully saturated rings. The summed E-state index contributed by atoms with van der Waals surface area (Å²) in [6, 6.07) is 7.63. The van der Waals surface area contributed by atoms with Gasteiger partial charge in [0.15, 0.2) is 12.6 Å². The van der Waals surface area contributed by atoms with E-state index in [4.69, 9.17) is 14.5 Å². The molecule has 1 aromatic carbocycles. The minimum atomic E-state index is -0.253. The molecule has 1 unspecified atom stereocenters. The van der Waals surface area contributed by atoms with Crippen LogP contribution in [0.25, 0.3) is 0 Å². The fourth-order valence-electron chi connectivity index (χ4n) is 4.35. The molecule has 1 N–H and O–H groups in total. The molecule has 9 nitrogen and oxygen atoms in total. The molecule has 9 heteroatoms. The van der Waals surface area contributed by atoms with Gasteiger partial charge in [0.2, 0.25) is 0 Å². The zero-order chi connectivity index (χ0) is 22.3. The van der Waals surface area contributed by atoms with Gasteiger partial charge in [0.1, 0.15) is 11.9 Å². The summed E-state index contributed by atoms with van der Waals surface area (Å²) in [6.07, 6.45) is 2.30. The van der Waals surface area contributed by atoms with Crippen LogP contribution >= 0.6 is 0 Å². The van der Waals surface area contributed by atoms with Gasteiger partial charge in [-0.05, 0) is 38.3 Å². The molecule has 0 bridgehead atoms. The smallest absolute Gasteiger partial charge is 0.265 e. The summed E-state index contributed by atoms with van der Waals surface area (Å²) in [5.74, 6) is 1.72. The number of fused-ring (bicyclic) bond motifs is 1. The van der Waals surface area contributed by atoms with E-state index in [0.717, 1.165) is 56.3 Å². The Bertz CT molecular complexity index is 831. The molecule has 174 valence electrons. The second kappa shape index (κ2) is 10.7. The molecule has 2 amide bonds. The second-order valence-electron chi connectivity index (χ2n) is 8.20. The number of piperazine rings is 1. The van der Waals surface area contributed by atoms with Gasteiger partial charge in [-0.15, -0.1) is 0 Å². The quantitative estimate of drug-likeness (QED) is 0.402. The maximum absolute atomic E-state index is 12.6. The van der Waals surface area contributed by atoms with Crippen molar-refractivity contribution in [2.24, 2.45) is 4.99 Å². The molecule has 3 aliphatic heterocycles. The number of rotatable bonds is 6. The summed E-state index contributed by atoms with van der Waals surface area (Å²) in [4.78, 5) is 35.6. The van der Waals surface area contributed by atoms with Crippen molar-refractivity contribution in [3.05, 3.63) is 24.3 Å². The normalized spacial score (nSPS) is 21.4. The van der Waals surface area contributed by atoms with Gasteiger partial charge in [-0.1, -0.05) is 12.1 Å². The standard InChI is InChI=1S/C23H33N5O4/c1-2-24-23(27-14-12-26(13-15-27)22(30)20-9-5-16-31-20)25-10-6-11-28-18-7-3-4-8-19(18)32-17-21(28)29/h3-4,7-8,20H,2,5-6,9-17H2,1H3,(H,24,25). The van der Waals surface area contributed by atoms with Crippen LogP contribution in [-0.4, -0.2) is 92.7 Å². The van der Waals surface area contributed by atoms with E-state index in [-0.39, 0.29) is 24.5 Å². The van der Waals surface area contributed by atoms with E-state index < -0.39 is 0 Å². The molecular formula is C23H33N5O4. The van der Waals surface area contributed by atoms with Gasteiger partial charge < -0.3 is 29.5 Å². The Hall–Kier alpha value is -2.81. The highest BCUT2D eigenvalue weighted by Gasteiger charge is 2.31. The third-order valence-corrected chi connectivity index (χ3v) is 6.04. The monoisotopic (exact) mass is 443 g/mol. The predicted molar refractivity (Wildman–Crippen MR) is 122 cm³/mol. The van der Waals surface area contributed by atoms with Gasteiger partial charge in [0, 0.05) is 52.4 Å². The molecule has 0 aromatic heterocycles. The number of aliphatic imine (C=N–C) groups is 1. The average Bonchev–Trinajstić information content (AvgIpc) is 3.37. The average molecular weight is 444 g/mol. The van der Waals surface area contributed by atoms with Gasteiger partial charge in [0.25, 0.3) is 11.8 Å². The zero-order valence-electron chi connectivity index (χ0n) is 18.8. The van der Waals surface area contributed by atoms with Crippen molar-refractivity contribution in [1.29, 1.82) is 0 Å². The number of nitrogens with one attached hydrogen (secondary N) is 1. The topological polar surface area (TPSA) is 86.7 Å². The number of ether oxygens (including phenoxy) is 2. The summed E-state index contributed by atoms with van der Waals surface area (Å²) in [6.45, 7) is 7.69. The highest BCUT2D eigenvalue weighted by atomic mass is 16.5. The maximum Gasteiger partial charge on any atom is 0.265 e. The number of para-hydroxylation sites is 2. The van der Waals surface area contributed by atoms with Crippen molar-refractivity contribution >= 4 is 23.5 Å². The van der Waals surface area contributed by atoms with E-state index in [9.17, 15) is 9.59 Å². The number of carbonyl (C=O) groups is 2. The SMILES string of the molecule is CCNC(=NCCCN1C(=O)COc2ccccc21)N1CCN(C(=O)C2CCCO2)CC1. The molecule has 4 rings (SSSR count). The number of anilines is 1. The van der Waals surface area contributed by atoms with Crippen molar-refractivity contribution in [1.82, 2.24) is 15.1 Å². The fraction of sp³-hybridized carbons (Fsp3) is 0.609. The lowest BCUT2D eigenvalue weighted by Gasteiger charge is -2.37. The molecule has 0 aliphatic carbocycles. The van der Waals surface area contributed by atoms with Crippen LogP contribution in [0.5, 0.6) is 5.75 Å². The van der Waals surface area contributed by atoms with Crippen molar-refractivity contribution in [3.63, 3.8) is 0 Å². The highest BCUT2D eigenvalue weighted by Crippen LogP contribution is 2.31. The summed E-state index contributed by atoms with van der Waals surface area (Å²) in [5.41, 5.74) is 0.826. The van der Waals surface area contributed by atoms with Crippen LogP contribution in [0, 0.1) is 0 Å². The van der Waals surface area contributed by atoms with Crippen LogP contribution in [0.1, 0.15) is 26.2 Å². The van der Waals surface area contributed by atoms with E-state index >= 15 is 0 Å². The van der Waals surface area contributed by atoms with Crippen LogP contribution in [-0.2, 0) is 14.3 Å². The minimum absolute atomic E-state index is 0.0217. The van der Waals surface area contributed by atoms with Crippen LogP contribution < -0.4 is 15.0 Å². The number of amides is 2. The number of carbonyl (C=O) groups excluding carboxylic acids is 2. The Morgan fingerprint density at radius 1 is 1.19 bits per heavy atom. The Morgan fingerprint density at radius 2 is 1.97 bits per heavy atom. The van der Waals surface area contributed by atoms with E-state index in [1.165, 1.54) is 0 Å². The zero-order valence-corrected chi connectivity index (χ0v) is 18.8. The molecule has 1 aromatic rings. The highest BCUT2D eigenvalue weighted by molar-refractivity contribution is 5.97. The molecule has 0 spiro atoms. The lowest BCUT2D eigenvalue weighted by molar-refractivity contribution is -0.142. The van der Waals surface area contributed by atoms with E-state index in [0.29, 0.717) is 32.8 Å². The van der Waals surface area contributed by atoms with Crippen LogP contribution in [0.2, 0.25) is 0 Å². The third kappa shape index (κ3) is 5.15. The van der Waals surface area contributed by atoms with Gasteiger partial charge in [-0.2, -0.15) is 0 Å². The minimum Gasteiger partial charge on any atom is -0.482 e. The van der Waals surface area contributed by atoms with Crippen molar-refractivity contribution < 1.29 is 19.1 Å². The number of nitrogens with zero attached hydrogens (tertiary/aromatic N) is 4. The number of hydrogen-bond donors (Lipinski definition) is 1. The number of benzene rings is 1. The Morgan fingerprint density at radius 3 is 2.72 bits per heavy atom. The molecule has 0 radical (unpaired) electrons. The van der Waals surface area contributed by atoms with E-state index in [1.807, 2.05) is 29.2 Å². The summed E-state index contributed by atoms with van der Waals surface area (Å²) in [7, 11) is 0. The van der Waals surface area contributed by atoms with E-state index in [1.54, 1.807) is 4.90 Å². The van der Waals surface area contributed by atoms with Crippen LogP contribution in [0.15, 0.2) is 29.3 Å². The number of hydrogen-bond acceptors (Lipinski definition) is 5. The maximum atomic E-state index is 12.6. The fourth-order valence-corrected chi connectivity index (χ4v) is 4.35.